The number of benzene rings is 3. The van der Waals surface area contributed by atoms with Gasteiger partial charge in [0.2, 0.25) is 0 Å². The van der Waals surface area contributed by atoms with E-state index in [1.165, 1.54) is 23.1 Å². The van der Waals surface area contributed by atoms with Gasteiger partial charge in [0.25, 0.3) is 5.78 Å². The van der Waals surface area contributed by atoms with E-state index in [0.29, 0.717) is 40.1 Å². The van der Waals surface area contributed by atoms with E-state index >= 15 is 0 Å². The fraction of sp³-hybridized carbons (Fsp3) is 0.233. The van der Waals surface area contributed by atoms with Crippen LogP contribution in [0.5, 0.6) is 11.5 Å². The van der Waals surface area contributed by atoms with Gasteiger partial charge in [-0.15, -0.1) is 0 Å². The van der Waals surface area contributed by atoms with Crippen molar-refractivity contribution in [1.29, 1.82) is 0 Å². The first-order valence-corrected chi connectivity index (χ1v) is 13.6. The number of carbonyl (C=O) groups is 2. The lowest BCUT2D eigenvalue weighted by molar-refractivity contribution is -0.132. The zero-order valence-electron chi connectivity index (χ0n) is 21.3. The Hall–Kier alpha value is -4.24. The highest BCUT2D eigenvalue weighted by atomic mass is 32.1. The van der Waals surface area contributed by atoms with Crippen LogP contribution in [-0.2, 0) is 16.0 Å². The summed E-state index contributed by atoms with van der Waals surface area (Å²) in [6, 6.07) is 15.5. The second-order valence-electron chi connectivity index (χ2n) is 9.65. The number of fused-ring (bicyclic) bond motifs is 2. The van der Waals surface area contributed by atoms with Gasteiger partial charge >= 0.3 is 5.91 Å². The number of aliphatic hydroxyl groups excluding tert-OH is 1. The molecule has 3 aromatic carbocycles. The summed E-state index contributed by atoms with van der Waals surface area (Å²) in [7, 11) is 0. The summed E-state index contributed by atoms with van der Waals surface area (Å²) in [4.78, 5) is 32.8. The molecule has 198 valence electrons. The summed E-state index contributed by atoms with van der Waals surface area (Å²) in [5, 5.41) is 11.7. The highest BCUT2D eigenvalue weighted by Gasteiger charge is 2.48. The maximum atomic E-state index is 13.9. The zero-order valence-corrected chi connectivity index (χ0v) is 22.1. The second-order valence-corrected chi connectivity index (χ2v) is 10.7. The van der Waals surface area contributed by atoms with Crippen LogP contribution in [0, 0.1) is 5.82 Å². The molecule has 9 heteroatoms. The van der Waals surface area contributed by atoms with Crippen molar-refractivity contribution in [2.24, 2.45) is 0 Å². The van der Waals surface area contributed by atoms with Crippen LogP contribution >= 0.6 is 11.3 Å². The molecule has 1 aromatic heterocycles. The number of carbonyl (C=O) groups excluding carboxylic acids is 2. The number of Topliss-reactive ketones (excluding diaryl/α,β-unsaturated/α-hetero) is 1. The van der Waals surface area contributed by atoms with Crippen molar-refractivity contribution in [2.45, 2.75) is 38.8 Å². The molecule has 6 rings (SSSR count). The van der Waals surface area contributed by atoms with Crippen LogP contribution in [-0.4, -0.2) is 34.5 Å². The molecule has 1 saturated heterocycles. The lowest BCUT2D eigenvalue weighted by atomic mass is 9.94. The molecule has 1 amide bonds. The Morgan fingerprint density at radius 3 is 2.72 bits per heavy atom. The molecule has 2 aliphatic heterocycles. The van der Waals surface area contributed by atoms with Gasteiger partial charge in [0.15, 0.2) is 5.13 Å². The van der Waals surface area contributed by atoms with Crippen molar-refractivity contribution >= 4 is 44.1 Å². The number of rotatable bonds is 6. The number of nitrogens with zero attached hydrogens (tertiary/aromatic N) is 2. The van der Waals surface area contributed by atoms with E-state index < -0.39 is 23.5 Å². The fourth-order valence-corrected chi connectivity index (χ4v) is 6.04. The predicted octanol–water partition coefficient (Wildman–Crippen LogP) is 6.17. The van der Waals surface area contributed by atoms with Gasteiger partial charge in [0.05, 0.1) is 28.4 Å². The summed E-state index contributed by atoms with van der Waals surface area (Å²) < 4.78 is 25.9. The number of aliphatic hydroxyl groups is 1. The third-order valence-corrected chi connectivity index (χ3v) is 7.85. The molecule has 3 heterocycles. The molecule has 4 aromatic rings. The molecule has 0 spiro atoms. The van der Waals surface area contributed by atoms with Crippen molar-refractivity contribution in [3.63, 3.8) is 0 Å². The number of aromatic nitrogens is 1. The quantitative estimate of drug-likeness (QED) is 0.177. The molecular formula is C30H25FN2O5S. The van der Waals surface area contributed by atoms with Crippen LogP contribution in [0.25, 0.3) is 16.0 Å². The van der Waals surface area contributed by atoms with E-state index in [2.05, 4.69) is 4.98 Å². The van der Waals surface area contributed by atoms with Gasteiger partial charge in [-0.1, -0.05) is 30.4 Å². The Morgan fingerprint density at radius 2 is 1.95 bits per heavy atom. The Morgan fingerprint density at radius 1 is 1.15 bits per heavy atom. The molecule has 0 radical (unpaired) electrons. The second kappa shape index (κ2) is 9.81. The predicted molar refractivity (Wildman–Crippen MR) is 147 cm³/mol. The fourth-order valence-electron chi connectivity index (χ4n) is 5.03. The first kappa shape index (κ1) is 25.1. The van der Waals surface area contributed by atoms with Gasteiger partial charge in [-0.05, 0) is 73.0 Å². The molecule has 2 atom stereocenters. The lowest BCUT2D eigenvalue weighted by Crippen LogP contribution is -2.29. The maximum Gasteiger partial charge on any atom is 0.301 e. The van der Waals surface area contributed by atoms with Crippen LogP contribution in [0.1, 0.15) is 43.0 Å². The van der Waals surface area contributed by atoms with Crippen LogP contribution in [0.4, 0.5) is 9.52 Å². The zero-order chi connectivity index (χ0) is 27.3. The summed E-state index contributed by atoms with van der Waals surface area (Å²) in [6.07, 6.45) is 1.54. The Kier molecular flexibility index (Phi) is 6.31. The molecule has 0 bridgehead atoms. The van der Waals surface area contributed by atoms with Gasteiger partial charge in [-0.2, -0.15) is 0 Å². The van der Waals surface area contributed by atoms with Crippen molar-refractivity contribution < 1.29 is 28.6 Å². The first-order chi connectivity index (χ1) is 18.8. The normalized spacial score (nSPS) is 19.9. The van der Waals surface area contributed by atoms with E-state index in [1.807, 2.05) is 13.8 Å². The molecule has 7 nitrogen and oxygen atoms in total. The molecule has 0 unspecified atom stereocenters. The average Bonchev–Trinajstić information content (AvgIpc) is 3.59. The van der Waals surface area contributed by atoms with E-state index in [1.54, 1.807) is 42.5 Å². The van der Waals surface area contributed by atoms with Crippen LogP contribution in [0.15, 0.2) is 66.2 Å². The standard InChI is InChI=1S/C30H25FN2O5S/c1-3-12-37-21-8-4-17(5-9-21)26-25(27(34)18-6-11-23-19(14-18)13-16(2)38-23)28(35)29(36)33(26)30-32-22-10-7-20(31)15-24(22)39-30/h4-11,14-16,26,34H,3,12-13H2,1-2H3/t16-,26-/m0/s1. The number of amides is 1. The first-order valence-electron chi connectivity index (χ1n) is 12.7. The monoisotopic (exact) mass is 544 g/mol. The summed E-state index contributed by atoms with van der Waals surface area (Å²) in [5.74, 6) is -0.943. The van der Waals surface area contributed by atoms with Crippen molar-refractivity contribution in [3.8, 4) is 11.5 Å². The number of hydrogen-bond donors (Lipinski definition) is 1. The van der Waals surface area contributed by atoms with Crippen LogP contribution < -0.4 is 14.4 Å². The SMILES string of the molecule is CCCOc1ccc([C@H]2C(=C(O)c3ccc4c(c3)C[C@H](C)O4)C(=O)C(=O)N2c2nc3ccc(F)cc3s2)cc1. The van der Waals surface area contributed by atoms with E-state index in [-0.39, 0.29) is 22.6 Å². The van der Waals surface area contributed by atoms with Crippen molar-refractivity contribution in [2.75, 3.05) is 11.5 Å². The number of ether oxygens (including phenoxy) is 2. The smallest absolute Gasteiger partial charge is 0.301 e. The highest BCUT2D eigenvalue weighted by molar-refractivity contribution is 7.22. The number of anilines is 1. The van der Waals surface area contributed by atoms with Crippen LogP contribution in [0.2, 0.25) is 0 Å². The molecule has 1 N–H and O–H groups in total. The maximum absolute atomic E-state index is 13.9. The minimum absolute atomic E-state index is 0.0142. The van der Waals surface area contributed by atoms with Gasteiger partial charge in [0, 0.05) is 12.0 Å². The van der Waals surface area contributed by atoms with Gasteiger partial charge in [-0.25, -0.2) is 9.37 Å². The molecule has 0 saturated carbocycles. The Bertz CT molecular complexity index is 1650. The van der Waals surface area contributed by atoms with Crippen molar-refractivity contribution in [1.82, 2.24) is 4.98 Å². The Balaban J connectivity index is 1.49. The summed E-state index contributed by atoms with van der Waals surface area (Å²) >= 11 is 1.11. The number of hydrogen-bond acceptors (Lipinski definition) is 7. The van der Waals surface area contributed by atoms with Crippen LogP contribution in [0.3, 0.4) is 0 Å². The molecule has 39 heavy (non-hydrogen) atoms. The molecular weight excluding hydrogens is 519 g/mol. The highest BCUT2D eigenvalue weighted by Crippen LogP contribution is 2.45. The lowest BCUT2D eigenvalue weighted by Gasteiger charge is -2.23. The van der Waals surface area contributed by atoms with E-state index in [0.717, 1.165) is 29.1 Å². The minimum atomic E-state index is -0.945. The molecule has 2 aliphatic rings. The largest absolute Gasteiger partial charge is 0.507 e. The third-order valence-electron chi connectivity index (χ3n) is 6.83. The molecule has 1 fully saturated rings. The van der Waals surface area contributed by atoms with Gasteiger partial charge in [0.1, 0.15) is 29.2 Å². The average molecular weight is 545 g/mol. The third kappa shape index (κ3) is 4.42. The molecule has 0 aliphatic carbocycles. The number of ketones is 1. The van der Waals surface area contributed by atoms with E-state index in [4.69, 9.17) is 9.47 Å². The number of halogens is 1. The summed E-state index contributed by atoms with van der Waals surface area (Å²) in [5.41, 5.74) is 2.41. The van der Waals surface area contributed by atoms with Crippen molar-refractivity contribution in [3.05, 3.63) is 88.7 Å². The van der Waals surface area contributed by atoms with Gasteiger partial charge in [-0.3, -0.25) is 14.5 Å². The Labute approximate surface area is 228 Å². The van der Waals surface area contributed by atoms with E-state index in [9.17, 15) is 19.1 Å². The minimum Gasteiger partial charge on any atom is -0.507 e. The summed E-state index contributed by atoms with van der Waals surface area (Å²) in [6.45, 7) is 4.53. The van der Waals surface area contributed by atoms with Gasteiger partial charge < -0.3 is 14.6 Å². The topological polar surface area (TPSA) is 89.0 Å². The number of thiazole rings is 1.